The van der Waals surface area contributed by atoms with Gasteiger partial charge < -0.3 is 15.5 Å². The van der Waals surface area contributed by atoms with Crippen LogP contribution >= 0.6 is 12.4 Å². The molecule has 114 valence electrons. The molecule has 0 fully saturated rings. The fraction of sp³-hybridized carbons (Fsp3) is 0.438. The van der Waals surface area contributed by atoms with Gasteiger partial charge in [-0.05, 0) is 55.5 Å². The number of nitrogens with one attached hydrogen (secondary N) is 1. The molecule has 0 saturated carbocycles. The summed E-state index contributed by atoms with van der Waals surface area (Å²) in [6.07, 6.45) is 6.39. The van der Waals surface area contributed by atoms with Crippen LogP contribution in [0.3, 0.4) is 0 Å². The molecular weight excluding hydrogens is 288 g/mol. The third-order valence-electron chi connectivity index (χ3n) is 3.92. The smallest absolute Gasteiger partial charge is 0.224 e. The number of fused-ring (bicyclic) bond motifs is 2. The fourth-order valence-corrected chi connectivity index (χ4v) is 2.85. The van der Waals surface area contributed by atoms with Gasteiger partial charge in [0.1, 0.15) is 5.58 Å². The molecule has 1 aromatic heterocycles. The molecule has 1 amide bonds. The summed E-state index contributed by atoms with van der Waals surface area (Å²) in [6, 6.07) is 4.33. The number of hydrogen-bond donors (Lipinski definition) is 2. The molecule has 3 rings (SSSR count). The molecule has 1 heterocycles. The Kier molecular flexibility index (Phi) is 5.26. The Labute approximate surface area is 130 Å². The van der Waals surface area contributed by atoms with Gasteiger partial charge in [-0.2, -0.15) is 0 Å². The summed E-state index contributed by atoms with van der Waals surface area (Å²) in [5.41, 5.74) is 10.1. The maximum absolute atomic E-state index is 11.9. The lowest BCUT2D eigenvalue weighted by Crippen LogP contribution is -2.27. The van der Waals surface area contributed by atoms with Gasteiger partial charge in [0.05, 0.1) is 12.7 Å². The highest BCUT2D eigenvalue weighted by atomic mass is 35.5. The van der Waals surface area contributed by atoms with E-state index in [2.05, 4.69) is 17.4 Å². The van der Waals surface area contributed by atoms with Gasteiger partial charge in [0, 0.05) is 17.5 Å². The molecular formula is C16H21ClN2O2. The van der Waals surface area contributed by atoms with Crippen molar-refractivity contribution in [2.24, 2.45) is 5.73 Å². The molecule has 0 saturated heterocycles. The van der Waals surface area contributed by atoms with Gasteiger partial charge in [0.2, 0.25) is 5.91 Å². The second kappa shape index (κ2) is 6.96. The summed E-state index contributed by atoms with van der Waals surface area (Å²) in [6.45, 7) is 1.24. The molecule has 0 bridgehead atoms. The van der Waals surface area contributed by atoms with Crippen molar-refractivity contribution >= 4 is 29.3 Å². The van der Waals surface area contributed by atoms with Crippen molar-refractivity contribution < 1.29 is 9.21 Å². The van der Waals surface area contributed by atoms with E-state index >= 15 is 0 Å². The highest BCUT2D eigenvalue weighted by Crippen LogP contribution is 2.30. The van der Waals surface area contributed by atoms with Crippen LogP contribution < -0.4 is 11.1 Å². The van der Waals surface area contributed by atoms with Gasteiger partial charge in [0.25, 0.3) is 0 Å². The lowest BCUT2D eigenvalue weighted by Gasteiger charge is -2.04. The molecule has 3 N–H and O–H groups in total. The predicted octanol–water partition coefficient (Wildman–Crippen LogP) is 2.35. The molecule has 1 aromatic carbocycles. The van der Waals surface area contributed by atoms with E-state index in [0.29, 0.717) is 19.5 Å². The van der Waals surface area contributed by atoms with Crippen LogP contribution in [0, 0.1) is 0 Å². The zero-order chi connectivity index (χ0) is 13.9. The predicted molar refractivity (Wildman–Crippen MR) is 85.9 cm³/mol. The number of benzene rings is 1. The lowest BCUT2D eigenvalue weighted by atomic mass is 10.0. The van der Waals surface area contributed by atoms with Crippen LogP contribution in [0.15, 0.2) is 22.8 Å². The number of carbonyl (C=O) groups is 1. The van der Waals surface area contributed by atoms with Crippen LogP contribution in [0.1, 0.15) is 29.5 Å². The minimum Gasteiger partial charge on any atom is -0.464 e. The van der Waals surface area contributed by atoms with Crippen molar-refractivity contribution in [1.29, 1.82) is 0 Å². The zero-order valence-electron chi connectivity index (χ0n) is 12.0. The topological polar surface area (TPSA) is 68.3 Å². The first-order chi connectivity index (χ1) is 9.78. The van der Waals surface area contributed by atoms with Crippen molar-refractivity contribution in [3.05, 3.63) is 35.1 Å². The first-order valence-corrected chi connectivity index (χ1v) is 7.26. The van der Waals surface area contributed by atoms with Crippen molar-refractivity contribution in [3.8, 4) is 0 Å². The van der Waals surface area contributed by atoms with E-state index in [-0.39, 0.29) is 18.3 Å². The Balaban J connectivity index is 0.00000161. The average molecular weight is 309 g/mol. The molecule has 0 unspecified atom stereocenters. The summed E-state index contributed by atoms with van der Waals surface area (Å²) in [5, 5.41) is 3.96. The Morgan fingerprint density at radius 1 is 1.29 bits per heavy atom. The molecule has 5 heteroatoms. The molecule has 0 radical (unpaired) electrons. The van der Waals surface area contributed by atoms with Crippen LogP contribution in [0.25, 0.3) is 11.0 Å². The van der Waals surface area contributed by atoms with Crippen LogP contribution in [0.2, 0.25) is 0 Å². The first-order valence-electron chi connectivity index (χ1n) is 7.26. The molecule has 1 aliphatic carbocycles. The van der Waals surface area contributed by atoms with Gasteiger partial charge in [-0.15, -0.1) is 12.4 Å². The molecule has 0 aliphatic heterocycles. The highest BCUT2D eigenvalue weighted by molar-refractivity contribution is 5.88. The second-order valence-corrected chi connectivity index (χ2v) is 5.40. The monoisotopic (exact) mass is 308 g/mol. The number of rotatable bonds is 5. The number of nitrogens with two attached hydrogens (primary N) is 1. The highest BCUT2D eigenvalue weighted by Gasteiger charge is 2.16. The number of hydrogen-bond acceptors (Lipinski definition) is 3. The zero-order valence-corrected chi connectivity index (χ0v) is 12.8. The summed E-state index contributed by atoms with van der Waals surface area (Å²) in [4.78, 5) is 11.9. The van der Waals surface area contributed by atoms with E-state index in [0.717, 1.165) is 35.8 Å². The number of aryl methyl sites for hydroxylation is 2. The van der Waals surface area contributed by atoms with Crippen LogP contribution in [0.5, 0.6) is 0 Å². The van der Waals surface area contributed by atoms with Gasteiger partial charge >= 0.3 is 0 Å². The van der Waals surface area contributed by atoms with Crippen molar-refractivity contribution in [3.63, 3.8) is 0 Å². The van der Waals surface area contributed by atoms with Crippen LogP contribution in [0.4, 0.5) is 0 Å². The van der Waals surface area contributed by atoms with Crippen molar-refractivity contribution in [2.75, 3.05) is 13.1 Å². The number of amides is 1. The maximum Gasteiger partial charge on any atom is 0.224 e. The number of halogens is 1. The van der Waals surface area contributed by atoms with Gasteiger partial charge in [0.15, 0.2) is 0 Å². The second-order valence-electron chi connectivity index (χ2n) is 5.40. The maximum atomic E-state index is 11.9. The molecule has 21 heavy (non-hydrogen) atoms. The lowest BCUT2D eigenvalue weighted by molar-refractivity contribution is -0.120. The molecule has 2 aromatic rings. The fourth-order valence-electron chi connectivity index (χ4n) is 2.85. The van der Waals surface area contributed by atoms with E-state index in [1.807, 2.05) is 0 Å². The third kappa shape index (κ3) is 3.39. The molecule has 0 atom stereocenters. The van der Waals surface area contributed by atoms with Crippen LogP contribution in [-0.4, -0.2) is 19.0 Å². The number of carbonyl (C=O) groups excluding carboxylic acids is 1. The summed E-state index contributed by atoms with van der Waals surface area (Å²) in [7, 11) is 0. The normalized spacial score (nSPS) is 13.0. The third-order valence-corrected chi connectivity index (χ3v) is 3.92. The van der Waals surface area contributed by atoms with E-state index in [1.165, 1.54) is 17.5 Å². The van der Waals surface area contributed by atoms with Crippen molar-refractivity contribution in [1.82, 2.24) is 5.32 Å². The Morgan fingerprint density at radius 3 is 2.81 bits per heavy atom. The Hall–Kier alpha value is -1.52. The average Bonchev–Trinajstić information content (AvgIpc) is 3.03. The van der Waals surface area contributed by atoms with Gasteiger partial charge in [-0.1, -0.05) is 0 Å². The Bertz CT molecular complexity index is 636. The van der Waals surface area contributed by atoms with E-state index in [9.17, 15) is 4.79 Å². The molecule has 4 nitrogen and oxygen atoms in total. The van der Waals surface area contributed by atoms with Crippen molar-refractivity contribution in [2.45, 2.75) is 32.1 Å². The quantitative estimate of drug-likeness (QED) is 0.833. The Morgan fingerprint density at radius 2 is 2.05 bits per heavy atom. The minimum atomic E-state index is 0. The van der Waals surface area contributed by atoms with Gasteiger partial charge in [-0.25, -0.2) is 0 Å². The first kappa shape index (κ1) is 15.9. The largest absolute Gasteiger partial charge is 0.464 e. The van der Waals surface area contributed by atoms with Crippen LogP contribution in [-0.2, 0) is 24.1 Å². The standard InChI is InChI=1S/C16H20N2O2.ClH/c17-5-2-6-18-16(19)9-13-10-20-15-8-12-4-1-3-11(12)7-14(13)15;/h7-8,10H,1-6,9,17H2,(H,18,19);1H. The van der Waals surface area contributed by atoms with E-state index in [1.54, 1.807) is 6.26 Å². The molecule has 1 aliphatic rings. The summed E-state index contributed by atoms with van der Waals surface area (Å²) >= 11 is 0. The molecule has 0 spiro atoms. The van der Waals surface area contributed by atoms with E-state index in [4.69, 9.17) is 10.2 Å². The minimum absolute atomic E-state index is 0. The summed E-state index contributed by atoms with van der Waals surface area (Å²) < 4.78 is 5.60. The van der Waals surface area contributed by atoms with E-state index < -0.39 is 0 Å². The number of furan rings is 1. The van der Waals surface area contributed by atoms with Gasteiger partial charge in [-0.3, -0.25) is 4.79 Å². The summed E-state index contributed by atoms with van der Waals surface area (Å²) in [5.74, 6) is 0.0293. The SMILES string of the molecule is Cl.NCCCNC(=O)Cc1coc2cc3c(cc12)CCC3.